The van der Waals surface area contributed by atoms with Crippen molar-refractivity contribution in [2.45, 2.75) is 12.8 Å². The number of likely N-dealkylation sites (N-methyl/N-ethyl adjacent to an activating group) is 1. The normalized spacial score (nSPS) is 18.0. The van der Waals surface area contributed by atoms with Crippen LogP contribution in [0.5, 0.6) is 0 Å². The largest absolute Gasteiger partial charge is 0.372 e. The summed E-state index contributed by atoms with van der Waals surface area (Å²) in [6, 6.07) is 12.2. The fourth-order valence-corrected chi connectivity index (χ4v) is 3.67. The minimum Gasteiger partial charge on any atom is -0.372 e. The predicted octanol–water partition coefficient (Wildman–Crippen LogP) is 2.81. The second-order valence-corrected chi connectivity index (χ2v) is 7.39. The van der Waals surface area contributed by atoms with Gasteiger partial charge < -0.3 is 20.0 Å². The van der Waals surface area contributed by atoms with E-state index in [1.807, 2.05) is 17.0 Å². The molecule has 142 valence electrons. The second-order valence-electron chi connectivity index (χ2n) is 7.39. The molecule has 1 N–H and O–H groups in total. The molecule has 1 aromatic carbocycles. The van der Waals surface area contributed by atoms with Crippen LogP contribution in [0.3, 0.4) is 0 Å². The molecule has 0 spiro atoms. The first kappa shape index (κ1) is 17.8. The number of nitrogens with one attached hydrogen (secondary N) is 1. The van der Waals surface area contributed by atoms with Crippen LogP contribution < -0.4 is 10.2 Å². The van der Waals surface area contributed by atoms with E-state index >= 15 is 0 Å². The van der Waals surface area contributed by atoms with E-state index in [1.165, 1.54) is 18.5 Å². The Labute approximate surface area is 160 Å². The Morgan fingerprint density at radius 2 is 1.63 bits per heavy atom. The maximum atomic E-state index is 12.6. The molecule has 0 saturated carbocycles. The van der Waals surface area contributed by atoms with Gasteiger partial charge in [-0.25, -0.2) is 4.98 Å². The molecule has 0 atom stereocenters. The highest BCUT2D eigenvalue weighted by atomic mass is 16.2. The fourth-order valence-electron chi connectivity index (χ4n) is 3.67. The first-order valence-electron chi connectivity index (χ1n) is 9.75. The number of hydrogen-bond acceptors (Lipinski definition) is 5. The van der Waals surface area contributed by atoms with Crippen molar-refractivity contribution in [1.82, 2.24) is 14.8 Å². The van der Waals surface area contributed by atoms with E-state index in [1.54, 1.807) is 6.20 Å². The van der Waals surface area contributed by atoms with Crippen LogP contribution in [0.2, 0.25) is 0 Å². The van der Waals surface area contributed by atoms with Gasteiger partial charge in [-0.1, -0.05) is 0 Å². The highest BCUT2D eigenvalue weighted by Crippen LogP contribution is 2.23. The maximum absolute atomic E-state index is 12.6. The number of pyridine rings is 1. The molecule has 0 radical (unpaired) electrons. The lowest BCUT2D eigenvalue weighted by molar-refractivity contribution is 0.0663. The molecule has 2 fully saturated rings. The molecule has 27 heavy (non-hydrogen) atoms. The summed E-state index contributed by atoms with van der Waals surface area (Å²) >= 11 is 0. The highest BCUT2D eigenvalue weighted by molar-refractivity contribution is 5.94. The maximum Gasteiger partial charge on any atom is 0.255 e. The van der Waals surface area contributed by atoms with Gasteiger partial charge in [-0.15, -0.1) is 0 Å². The summed E-state index contributed by atoms with van der Waals surface area (Å²) in [6.45, 7) is 5.70. The second kappa shape index (κ2) is 7.96. The third-order valence-corrected chi connectivity index (χ3v) is 5.41. The van der Waals surface area contributed by atoms with Crippen molar-refractivity contribution >= 4 is 23.1 Å². The van der Waals surface area contributed by atoms with Crippen molar-refractivity contribution in [3.8, 4) is 0 Å². The van der Waals surface area contributed by atoms with Gasteiger partial charge in [-0.05, 0) is 56.3 Å². The first-order valence-corrected chi connectivity index (χ1v) is 9.75. The lowest BCUT2D eigenvalue weighted by Crippen LogP contribution is -2.47. The monoisotopic (exact) mass is 365 g/mol. The zero-order chi connectivity index (χ0) is 18.6. The van der Waals surface area contributed by atoms with E-state index in [2.05, 4.69) is 51.4 Å². The van der Waals surface area contributed by atoms with Gasteiger partial charge in [-0.3, -0.25) is 4.79 Å². The standard InChI is InChI=1S/C21H27N5O/c1-24-12-14-26(15-13-24)21(27)17-4-9-20(22-16-17)23-18-5-7-19(8-6-18)25-10-2-3-11-25/h4-9,16H,2-3,10-15H2,1H3,(H,22,23). The molecule has 0 unspecified atom stereocenters. The van der Waals surface area contributed by atoms with E-state index < -0.39 is 0 Å². The summed E-state index contributed by atoms with van der Waals surface area (Å²) in [5.41, 5.74) is 2.93. The number of hydrogen-bond donors (Lipinski definition) is 1. The average Bonchev–Trinajstić information content (AvgIpc) is 3.24. The van der Waals surface area contributed by atoms with Gasteiger partial charge in [0.1, 0.15) is 5.82 Å². The Morgan fingerprint density at radius 1 is 0.926 bits per heavy atom. The average molecular weight is 365 g/mol. The van der Waals surface area contributed by atoms with E-state index in [9.17, 15) is 4.79 Å². The molecule has 6 heteroatoms. The van der Waals surface area contributed by atoms with Crippen molar-refractivity contribution in [2.75, 3.05) is 56.5 Å². The van der Waals surface area contributed by atoms with Crippen LogP contribution in [0.4, 0.5) is 17.2 Å². The molecule has 3 heterocycles. The third kappa shape index (κ3) is 4.22. The molecule has 1 aromatic heterocycles. The Balaban J connectivity index is 1.36. The minimum absolute atomic E-state index is 0.0668. The van der Waals surface area contributed by atoms with Crippen LogP contribution in [-0.4, -0.2) is 67.0 Å². The molecule has 0 bridgehead atoms. The summed E-state index contributed by atoms with van der Waals surface area (Å²) in [5.74, 6) is 0.816. The number of amides is 1. The molecular weight excluding hydrogens is 338 g/mol. The number of rotatable bonds is 4. The van der Waals surface area contributed by atoms with Crippen molar-refractivity contribution in [3.63, 3.8) is 0 Å². The van der Waals surface area contributed by atoms with Crippen LogP contribution in [-0.2, 0) is 0 Å². The lowest BCUT2D eigenvalue weighted by atomic mass is 10.2. The number of carbonyl (C=O) groups excluding carboxylic acids is 1. The fraction of sp³-hybridized carbons (Fsp3) is 0.429. The van der Waals surface area contributed by atoms with E-state index in [0.717, 1.165) is 50.8 Å². The highest BCUT2D eigenvalue weighted by Gasteiger charge is 2.20. The SMILES string of the molecule is CN1CCN(C(=O)c2ccc(Nc3ccc(N4CCCC4)cc3)nc2)CC1. The quantitative estimate of drug-likeness (QED) is 0.903. The molecule has 0 aliphatic carbocycles. The summed E-state index contributed by atoms with van der Waals surface area (Å²) < 4.78 is 0. The van der Waals surface area contributed by atoms with Crippen LogP contribution >= 0.6 is 0 Å². The molecular formula is C21H27N5O. The summed E-state index contributed by atoms with van der Waals surface area (Å²) in [4.78, 5) is 23.6. The van der Waals surface area contributed by atoms with E-state index in [4.69, 9.17) is 0 Å². The van der Waals surface area contributed by atoms with Crippen molar-refractivity contribution < 1.29 is 4.79 Å². The molecule has 6 nitrogen and oxygen atoms in total. The van der Waals surface area contributed by atoms with Crippen molar-refractivity contribution in [3.05, 3.63) is 48.2 Å². The Kier molecular flexibility index (Phi) is 5.25. The number of piperazine rings is 1. The summed E-state index contributed by atoms with van der Waals surface area (Å²) in [6.07, 6.45) is 4.23. The molecule has 2 aliphatic heterocycles. The number of aromatic nitrogens is 1. The summed E-state index contributed by atoms with van der Waals surface area (Å²) in [5, 5.41) is 3.31. The number of carbonyl (C=O) groups is 1. The smallest absolute Gasteiger partial charge is 0.255 e. The lowest BCUT2D eigenvalue weighted by Gasteiger charge is -2.32. The Hall–Kier alpha value is -2.60. The molecule has 2 aliphatic rings. The molecule has 2 saturated heterocycles. The molecule has 4 rings (SSSR count). The van der Waals surface area contributed by atoms with Crippen molar-refractivity contribution in [2.24, 2.45) is 0 Å². The van der Waals surface area contributed by atoms with Gasteiger partial charge >= 0.3 is 0 Å². The van der Waals surface area contributed by atoms with Crippen LogP contribution in [0.25, 0.3) is 0 Å². The number of anilines is 3. The van der Waals surface area contributed by atoms with Crippen LogP contribution in [0.15, 0.2) is 42.6 Å². The van der Waals surface area contributed by atoms with E-state index in [-0.39, 0.29) is 5.91 Å². The topological polar surface area (TPSA) is 51.7 Å². The number of benzene rings is 1. The van der Waals surface area contributed by atoms with E-state index in [0.29, 0.717) is 5.56 Å². The third-order valence-electron chi connectivity index (χ3n) is 5.41. The van der Waals surface area contributed by atoms with Gasteiger partial charge in [0.25, 0.3) is 5.91 Å². The zero-order valence-electron chi connectivity index (χ0n) is 15.9. The van der Waals surface area contributed by atoms with Crippen molar-refractivity contribution in [1.29, 1.82) is 0 Å². The zero-order valence-corrected chi connectivity index (χ0v) is 15.9. The Morgan fingerprint density at radius 3 is 2.26 bits per heavy atom. The number of nitrogens with zero attached hydrogens (tertiary/aromatic N) is 4. The molecule has 2 aromatic rings. The van der Waals surface area contributed by atoms with Gasteiger partial charge in [0.05, 0.1) is 5.56 Å². The van der Waals surface area contributed by atoms with Crippen LogP contribution in [0, 0.1) is 0 Å². The minimum atomic E-state index is 0.0668. The van der Waals surface area contributed by atoms with Gasteiger partial charge in [0.15, 0.2) is 0 Å². The van der Waals surface area contributed by atoms with Crippen LogP contribution in [0.1, 0.15) is 23.2 Å². The summed E-state index contributed by atoms with van der Waals surface area (Å²) in [7, 11) is 2.08. The first-order chi connectivity index (χ1) is 13.2. The van der Waals surface area contributed by atoms with Gasteiger partial charge in [-0.2, -0.15) is 0 Å². The molecule has 1 amide bonds. The van der Waals surface area contributed by atoms with Gasteiger partial charge in [0, 0.05) is 56.8 Å². The Bertz CT molecular complexity index is 760. The predicted molar refractivity (Wildman–Crippen MR) is 109 cm³/mol. The van der Waals surface area contributed by atoms with Gasteiger partial charge in [0.2, 0.25) is 0 Å².